The first kappa shape index (κ1) is 14.6. The lowest BCUT2D eigenvalue weighted by Gasteiger charge is -2.39. The van der Waals surface area contributed by atoms with Gasteiger partial charge in [-0.3, -0.25) is 0 Å². The largest absolute Gasteiger partial charge is 0.395 e. The Morgan fingerprint density at radius 3 is 2.42 bits per heavy atom. The molecule has 0 aromatic rings. The van der Waals surface area contributed by atoms with Crippen molar-refractivity contribution in [3.05, 3.63) is 0 Å². The molecule has 1 saturated carbocycles. The second-order valence-corrected chi connectivity index (χ2v) is 5.73. The van der Waals surface area contributed by atoms with Gasteiger partial charge in [-0.15, -0.1) is 0 Å². The van der Waals surface area contributed by atoms with Crippen molar-refractivity contribution in [1.82, 2.24) is 15.5 Å². The van der Waals surface area contributed by atoms with Gasteiger partial charge in [0.1, 0.15) is 0 Å². The number of aliphatic hydroxyl groups is 1. The van der Waals surface area contributed by atoms with E-state index in [0.717, 1.165) is 32.0 Å². The van der Waals surface area contributed by atoms with E-state index in [0.29, 0.717) is 12.6 Å². The fourth-order valence-electron chi connectivity index (χ4n) is 3.26. The molecular formula is C14H27N3O2. The van der Waals surface area contributed by atoms with Crippen molar-refractivity contribution in [2.75, 3.05) is 26.2 Å². The zero-order valence-corrected chi connectivity index (χ0v) is 11.7. The van der Waals surface area contributed by atoms with Crippen LogP contribution in [0.5, 0.6) is 0 Å². The Balaban J connectivity index is 1.65. The van der Waals surface area contributed by atoms with Gasteiger partial charge in [-0.25, -0.2) is 4.79 Å². The van der Waals surface area contributed by atoms with E-state index in [1.54, 1.807) is 0 Å². The minimum atomic E-state index is -0.148. The Kier molecular flexibility index (Phi) is 5.92. The SMILES string of the molecule is O=C(NCCO)NC1CCN(C2CCCCC2)CC1. The second-order valence-electron chi connectivity index (χ2n) is 5.73. The molecule has 3 N–H and O–H groups in total. The standard InChI is InChI=1S/C14H27N3O2/c18-11-8-15-14(19)16-12-6-9-17(10-7-12)13-4-2-1-3-5-13/h12-13,18H,1-11H2,(H2,15,16,19). The average molecular weight is 269 g/mol. The van der Waals surface area contributed by atoms with Gasteiger partial charge in [0.2, 0.25) is 0 Å². The molecular weight excluding hydrogens is 242 g/mol. The monoisotopic (exact) mass is 269 g/mol. The molecule has 0 aromatic heterocycles. The molecule has 19 heavy (non-hydrogen) atoms. The maximum atomic E-state index is 11.5. The van der Waals surface area contributed by atoms with E-state index in [1.165, 1.54) is 32.1 Å². The molecule has 2 amide bonds. The number of urea groups is 1. The van der Waals surface area contributed by atoms with Crippen LogP contribution in [-0.2, 0) is 0 Å². The number of hydrogen-bond donors (Lipinski definition) is 3. The van der Waals surface area contributed by atoms with Gasteiger partial charge >= 0.3 is 6.03 Å². The number of nitrogens with one attached hydrogen (secondary N) is 2. The Bertz CT molecular complexity index is 272. The van der Waals surface area contributed by atoms with Gasteiger partial charge in [0, 0.05) is 31.7 Å². The third kappa shape index (κ3) is 4.66. The minimum Gasteiger partial charge on any atom is -0.395 e. The van der Waals surface area contributed by atoms with Gasteiger partial charge in [0.25, 0.3) is 0 Å². The second kappa shape index (κ2) is 7.70. The lowest BCUT2D eigenvalue weighted by Crippen LogP contribution is -2.50. The van der Waals surface area contributed by atoms with Crippen molar-refractivity contribution in [2.24, 2.45) is 0 Å². The quantitative estimate of drug-likeness (QED) is 0.715. The summed E-state index contributed by atoms with van der Waals surface area (Å²) in [6, 6.07) is 0.932. The topological polar surface area (TPSA) is 64.6 Å². The van der Waals surface area contributed by atoms with Crippen molar-refractivity contribution in [2.45, 2.75) is 57.0 Å². The molecule has 1 aliphatic carbocycles. The number of aliphatic hydroxyl groups excluding tert-OH is 1. The van der Waals surface area contributed by atoms with Crippen LogP contribution in [0.2, 0.25) is 0 Å². The number of rotatable bonds is 4. The lowest BCUT2D eigenvalue weighted by atomic mass is 9.92. The predicted molar refractivity (Wildman–Crippen MR) is 75.1 cm³/mol. The lowest BCUT2D eigenvalue weighted by molar-refractivity contribution is 0.117. The minimum absolute atomic E-state index is 0.00640. The highest BCUT2D eigenvalue weighted by Crippen LogP contribution is 2.25. The summed E-state index contributed by atoms with van der Waals surface area (Å²) in [6.07, 6.45) is 8.97. The zero-order valence-electron chi connectivity index (χ0n) is 11.7. The summed E-state index contributed by atoms with van der Waals surface area (Å²) in [5.74, 6) is 0. The molecule has 0 aromatic carbocycles. The van der Waals surface area contributed by atoms with Crippen LogP contribution in [0.15, 0.2) is 0 Å². The molecule has 2 aliphatic rings. The smallest absolute Gasteiger partial charge is 0.315 e. The van der Waals surface area contributed by atoms with E-state index >= 15 is 0 Å². The molecule has 2 fully saturated rings. The van der Waals surface area contributed by atoms with Crippen LogP contribution >= 0.6 is 0 Å². The Morgan fingerprint density at radius 2 is 1.79 bits per heavy atom. The molecule has 0 atom stereocenters. The molecule has 110 valence electrons. The first-order valence-electron chi connectivity index (χ1n) is 7.69. The summed E-state index contributed by atoms with van der Waals surface area (Å²) >= 11 is 0. The number of hydrogen-bond acceptors (Lipinski definition) is 3. The predicted octanol–water partition coefficient (Wildman–Crippen LogP) is 1.07. The molecule has 1 heterocycles. The Morgan fingerprint density at radius 1 is 1.11 bits per heavy atom. The summed E-state index contributed by atoms with van der Waals surface area (Å²) in [6.45, 7) is 2.53. The number of carbonyl (C=O) groups excluding carboxylic acids is 1. The molecule has 0 spiro atoms. The van der Waals surface area contributed by atoms with Gasteiger partial charge < -0.3 is 20.6 Å². The van der Waals surface area contributed by atoms with Crippen molar-refractivity contribution in [1.29, 1.82) is 0 Å². The maximum Gasteiger partial charge on any atom is 0.315 e. The number of amides is 2. The van der Waals surface area contributed by atoms with E-state index in [-0.39, 0.29) is 12.6 Å². The van der Waals surface area contributed by atoms with Crippen molar-refractivity contribution in [3.63, 3.8) is 0 Å². The van der Waals surface area contributed by atoms with Crippen LogP contribution in [-0.4, -0.2) is 54.4 Å². The molecule has 2 rings (SSSR count). The van der Waals surface area contributed by atoms with Crippen LogP contribution in [0, 0.1) is 0 Å². The van der Waals surface area contributed by atoms with Crippen molar-refractivity contribution >= 4 is 6.03 Å². The molecule has 5 heteroatoms. The molecule has 0 unspecified atom stereocenters. The van der Waals surface area contributed by atoms with Crippen LogP contribution in [0.25, 0.3) is 0 Å². The van der Waals surface area contributed by atoms with Gasteiger partial charge in [-0.1, -0.05) is 19.3 Å². The van der Waals surface area contributed by atoms with E-state index in [2.05, 4.69) is 15.5 Å². The fraction of sp³-hybridized carbons (Fsp3) is 0.929. The molecule has 5 nitrogen and oxygen atoms in total. The molecule has 1 aliphatic heterocycles. The first-order chi connectivity index (χ1) is 9.29. The average Bonchev–Trinajstić information content (AvgIpc) is 2.47. The summed E-state index contributed by atoms with van der Waals surface area (Å²) in [5, 5.41) is 14.3. The molecule has 0 radical (unpaired) electrons. The number of nitrogens with zero attached hydrogens (tertiary/aromatic N) is 1. The molecule has 0 bridgehead atoms. The number of likely N-dealkylation sites (tertiary alicyclic amines) is 1. The summed E-state index contributed by atoms with van der Waals surface area (Å²) in [4.78, 5) is 14.1. The number of piperidine rings is 1. The highest BCUT2D eigenvalue weighted by molar-refractivity contribution is 5.74. The van der Waals surface area contributed by atoms with E-state index < -0.39 is 0 Å². The third-order valence-electron chi connectivity index (χ3n) is 4.35. The van der Waals surface area contributed by atoms with Crippen LogP contribution in [0.3, 0.4) is 0 Å². The fourth-order valence-corrected chi connectivity index (χ4v) is 3.26. The number of carbonyl (C=O) groups is 1. The Hall–Kier alpha value is -0.810. The summed E-state index contributed by atoms with van der Waals surface area (Å²) < 4.78 is 0. The van der Waals surface area contributed by atoms with Gasteiger partial charge in [0.15, 0.2) is 0 Å². The van der Waals surface area contributed by atoms with Crippen LogP contribution in [0.1, 0.15) is 44.9 Å². The van der Waals surface area contributed by atoms with Crippen LogP contribution < -0.4 is 10.6 Å². The van der Waals surface area contributed by atoms with E-state index in [4.69, 9.17) is 5.11 Å². The maximum absolute atomic E-state index is 11.5. The van der Waals surface area contributed by atoms with Gasteiger partial charge in [0.05, 0.1) is 6.61 Å². The summed E-state index contributed by atoms with van der Waals surface area (Å²) in [5.41, 5.74) is 0. The van der Waals surface area contributed by atoms with E-state index in [1.807, 2.05) is 0 Å². The van der Waals surface area contributed by atoms with Gasteiger partial charge in [-0.2, -0.15) is 0 Å². The zero-order chi connectivity index (χ0) is 13.5. The van der Waals surface area contributed by atoms with Gasteiger partial charge in [-0.05, 0) is 25.7 Å². The third-order valence-corrected chi connectivity index (χ3v) is 4.35. The Labute approximate surface area is 115 Å². The normalized spacial score (nSPS) is 23.2. The highest BCUT2D eigenvalue weighted by Gasteiger charge is 2.26. The highest BCUT2D eigenvalue weighted by atomic mass is 16.3. The summed E-state index contributed by atoms with van der Waals surface area (Å²) in [7, 11) is 0. The molecule has 1 saturated heterocycles. The van der Waals surface area contributed by atoms with Crippen molar-refractivity contribution in [3.8, 4) is 0 Å². The first-order valence-corrected chi connectivity index (χ1v) is 7.69. The van der Waals surface area contributed by atoms with E-state index in [9.17, 15) is 4.79 Å². The van der Waals surface area contributed by atoms with Crippen LogP contribution in [0.4, 0.5) is 4.79 Å². The van der Waals surface area contributed by atoms with Crippen molar-refractivity contribution < 1.29 is 9.90 Å².